The van der Waals surface area contributed by atoms with Crippen molar-refractivity contribution >= 4 is 11.9 Å². The third kappa shape index (κ3) is 2.90. The summed E-state index contributed by atoms with van der Waals surface area (Å²) in [6.07, 6.45) is 6.45. The van der Waals surface area contributed by atoms with Crippen molar-refractivity contribution in [2.75, 3.05) is 19.6 Å². The molecule has 2 rings (SSSR count). The lowest BCUT2D eigenvalue weighted by Gasteiger charge is -2.31. The van der Waals surface area contributed by atoms with Crippen LogP contribution in [0.15, 0.2) is 0 Å². The number of amides is 3. The Morgan fingerprint density at radius 2 is 1.71 bits per heavy atom. The molecule has 2 aliphatic rings. The van der Waals surface area contributed by atoms with E-state index in [1.807, 2.05) is 4.90 Å². The van der Waals surface area contributed by atoms with Gasteiger partial charge < -0.3 is 15.5 Å². The molecule has 0 aromatic carbocycles. The van der Waals surface area contributed by atoms with Gasteiger partial charge >= 0.3 is 6.03 Å². The summed E-state index contributed by atoms with van der Waals surface area (Å²) in [5.41, 5.74) is 5.25. The molecule has 0 bridgehead atoms. The zero-order valence-electron chi connectivity index (χ0n) is 10.2. The Bertz CT molecular complexity index is 294. The van der Waals surface area contributed by atoms with Crippen molar-refractivity contribution in [2.45, 2.75) is 44.6 Å². The van der Waals surface area contributed by atoms with Crippen LogP contribution in [0.2, 0.25) is 0 Å². The van der Waals surface area contributed by atoms with Gasteiger partial charge in [-0.15, -0.1) is 0 Å². The van der Waals surface area contributed by atoms with E-state index in [9.17, 15) is 9.59 Å². The van der Waals surface area contributed by atoms with Crippen molar-refractivity contribution in [2.24, 2.45) is 5.73 Å². The Hall–Kier alpha value is -1.26. The second-order valence-corrected chi connectivity index (χ2v) is 5.01. The highest BCUT2D eigenvalue weighted by Crippen LogP contribution is 2.25. The number of hydrogen-bond acceptors (Lipinski definition) is 2. The molecular weight excluding hydrogens is 218 g/mol. The van der Waals surface area contributed by atoms with Crippen LogP contribution in [0.5, 0.6) is 0 Å². The molecule has 5 nitrogen and oxygen atoms in total. The van der Waals surface area contributed by atoms with E-state index in [4.69, 9.17) is 5.73 Å². The van der Waals surface area contributed by atoms with Gasteiger partial charge in [-0.3, -0.25) is 4.79 Å². The van der Waals surface area contributed by atoms with E-state index in [-0.39, 0.29) is 18.6 Å². The average molecular weight is 239 g/mol. The van der Waals surface area contributed by atoms with E-state index in [1.165, 1.54) is 0 Å². The number of hydrogen-bond donors (Lipinski definition) is 1. The highest BCUT2D eigenvalue weighted by Gasteiger charge is 2.31. The van der Waals surface area contributed by atoms with Gasteiger partial charge in [0.25, 0.3) is 0 Å². The van der Waals surface area contributed by atoms with E-state index in [1.54, 1.807) is 4.90 Å². The van der Waals surface area contributed by atoms with Crippen molar-refractivity contribution < 1.29 is 9.59 Å². The number of carbonyl (C=O) groups is 2. The standard InChI is InChI=1S/C12H21N3O2/c13-11(16)9-15(10-5-1-2-6-10)12(17)14-7-3-4-8-14/h10H,1-9H2,(H2,13,16). The third-order valence-electron chi connectivity index (χ3n) is 3.71. The summed E-state index contributed by atoms with van der Waals surface area (Å²) in [6, 6.07) is 0.226. The second-order valence-electron chi connectivity index (χ2n) is 5.01. The maximum Gasteiger partial charge on any atom is 0.320 e. The maximum absolute atomic E-state index is 12.3. The zero-order chi connectivity index (χ0) is 12.3. The van der Waals surface area contributed by atoms with Crippen LogP contribution in [0.25, 0.3) is 0 Å². The van der Waals surface area contributed by atoms with Crippen molar-refractivity contribution in [3.8, 4) is 0 Å². The molecule has 2 N–H and O–H groups in total. The highest BCUT2D eigenvalue weighted by atomic mass is 16.2. The SMILES string of the molecule is NC(=O)CN(C(=O)N1CCCC1)C1CCCC1. The number of carbonyl (C=O) groups excluding carboxylic acids is 2. The minimum atomic E-state index is -0.413. The quantitative estimate of drug-likeness (QED) is 0.796. The molecule has 0 radical (unpaired) electrons. The second kappa shape index (κ2) is 5.38. The van der Waals surface area contributed by atoms with Gasteiger partial charge in [-0.1, -0.05) is 12.8 Å². The van der Waals surface area contributed by atoms with E-state index >= 15 is 0 Å². The monoisotopic (exact) mass is 239 g/mol. The largest absolute Gasteiger partial charge is 0.368 e. The lowest BCUT2D eigenvalue weighted by molar-refractivity contribution is -0.119. The normalized spacial score (nSPS) is 20.8. The topological polar surface area (TPSA) is 66.6 Å². The first-order valence-corrected chi connectivity index (χ1v) is 6.52. The molecule has 1 saturated carbocycles. The van der Waals surface area contributed by atoms with E-state index in [2.05, 4.69) is 0 Å². The predicted molar refractivity (Wildman–Crippen MR) is 64.4 cm³/mol. The predicted octanol–water partition coefficient (Wildman–Crippen LogP) is 0.932. The van der Waals surface area contributed by atoms with E-state index < -0.39 is 5.91 Å². The molecule has 1 aliphatic carbocycles. The van der Waals surface area contributed by atoms with Crippen LogP contribution in [0.1, 0.15) is 38.5 Å². The Labute approximate surface area is 102 Å². The molecule has 1 heterocycles. The number of urea groups is 1. The molecule has 1 saturated heterocycles. The molecule has 2 fully saturated rings. The molecule has 1 aliphatic heterocycles. The molecule has 0 aromatic heterocycles. The minimum absolute atomic E-state index is 0.00759. The summed E-state index contributed by atoms with van der Waals surface area (Å²) >= 11 is 0. The maximum atomic E-state index is 12.3. The van der Waals surface area contributed by atoms with E-state index in [0.29, 0.717) is 0 Å². The lowest BCUT2D eigenvalue weighted by Crippen LogP contribution is -2.49. The van der Waals surface area contributed by atoms with Gasteiger partial charge in [0.2, 0.25) is 5.91 Å². The fraction of sp³-hybridized carbons (Fsp3) is 0.833. The Kier molecular flexibility index (Phi) is 3.86. The minimum Gasteiger partial charge on any atom is -0.368 e. The van der Waals surface area contributed by atoms with Gasteiger partial charge in [0.05, 0.1) is 0 Å². The summed E-state index contributed by atoms with van der Waals surface area (Å²) in [5.74, 6) is -0.413. The van der Waals surface area contributed by atoms with Crippen LogP contribution in [0.4, 0.5) is 4.79 Å². The zero-order valence-corrected chi connectivity index (χ0v) is 10.2. The van der Waals surface area contributed by atoms with Crippen LogP contribution in [0.3, 0.4) is 0 Å². The number of nitrogens with two attached hydrogens (primary N) is 1. The van der Waals surface area contributed by atoms with Crippen molar-refractivity contribution in [3.63, 3.8) is 0 Å². The van der Waals surface area contributed by atoms with Crippen LogP contribution in [-0.2, 0) is 4.79 Å². The summed E-state index contributed by atoms with van der Waals surface area (Å²) in [4.78, 5) is 27.0. The van der Waals surface area contributed by atoms with Crippen LogP contribution in [-0.4, -0.2) is 47.4 Å². The molecular formula is C12H21N3O2. The van der Waals surface area contributed by atoms with Gasteiger partial charge in [0.15, 0.2) is 0 Å². The van der Waals surface area contributed by atoms with Gasteiger partial charge in [0, 0.05) is 19.1 Å². The molecule has 5 heteroatoms. The molecule has 0 spiro atoms. The number of nitrogens with zero attached hydrogens (tertiary/aromatic N) is 2. The fourth-order valence-electron chi connectivity index (χ4n) is 2.83. The number of primary amides is 1. The summed E-state index contributed by atoms with van der Waals surface area (Å²) in [5, 5.41) is 0. The molecule has 3 amide bonds. The van der Waals surface area contributed by atoms with E-state index in [0.717, 1.165) is 51.6 Å². The first-order valence-electron chi connectivity index (χ1n) is 6.52. The smallest absolute Gasteiger partial charge is 0.320 e. The fourth-order valence-corrected chi connectivity index (χ4v) is 2.83. The van der Waals surface area contributed by atoms with Gasteiger partial charge in [-0.05, 0) is 25.7 Å². The lowest BCUT2D eigenvalue weighted by atomic mass is 10.2. The molecule has 0 aromatic rings. The summed E-state index contributed by atoms with van der Waals surface area (Å²) in [7, 11) is 0. The molecule has 0 atom stereocenters. The molecule has 0 unspecified atom stereocenters. The number of likely N-dealkylation sites (tertiary alicyclic amines) is 1. The van der Waals surface area contributed by atoms with Gasteiger partial charge in [-0.2, -0.15) is 0 Å². The summed E-state index contributed by atoms with van der Waals surface area (Å²) in [6.45, 7) is 1.71. The Morgan fingerprint density at radius 1 is 1.12 bits per heavy atom. The third-order valence-corrected chi connectivity index (χ3v) is 3.71. The average Bonchev–Trinajstić information content (AvgIpc) is 2.96. The van der Waals surface area contributed by atoms with Crippen molar-refractivity contribution in [3.05, 3.63) is 0 Å². The molecule has 96 valence electrons. The highest BCUT2D eigenvalue weighted by molar-refractivity contribution is 5.83. The van der Waals surface area contributed by atoms with Crippen LogP contribution in [0, 0.1) is 0 Å². The first-order chi connectivity index (χ1) is 8.18. The van der Waals surface area contributed by atoms with Crippen molar-refractivity contribution in [1.29, 1.82) is 0 Å². The first kappa shape index (κ1) is 12.2. The van der Waals surface area contributed by atoms with Gasteiger partial charge in [-0.25, -0.2) is 4.79 Å². The van der Waals surface area contributed by atoms with Crippen LogP contribution < -0.4 is 5.73 Å². The Balaban J connectivity index is 2.02. The van der Waals surface area contributed by atoms with Gasteiger partial charge in [0.1, 0.15) is 6.54 Å². The van der Waals surface area contributed by atoms with Crippen molar-refractivity contribution in [1.82, 2.24) is 9.80 Å². The summed E-state index contributed by atoms with van der Waals surface area (Å²) < 4.78 is 0. The van der Waals surface area contributed by atoms with Crippen LogP contribution >= 0.6 is 0 Å². The Morgan fingerprint density at radius 3 is 2.24 bits per heavy atom. The number of rotatable bonds is 3. The molecule has 17 heavy (non-hydrogen) atoms.